The van der Waals surface area contributed by atoms with Gasteiger partial charge in [-0.3, -0.25) is 14.5 Å². The first-order valence-corrected chi connectivity index (χ1v) is 10.8. The van der Waals surface area contributed by atoms with Gasteiger partial charge in [0.05, 0.1) is 24.8 Å². The maximum absolute atomic E-state index is 13.0. The van der Waals surface area contributed by atoms with Gasteiger partial charge in [0.25, 0.3) is 11.7 Å². The van der Waals surface area contributed by atoms with Crippen LogP contribution in [-0.2, 0) is 14.3 Å². The molecule has 0 aliphatic carbocycles. The van der Waals surface area contributed by atoms with Crippen molar-refractivity contribution in [3.8, 4) is 0 Å². The second-order valence-electron chi connectivity index (χ2n) is 8.08. The van der Waals surface area contributed by atoms with Crippen LogP contribution < -0.4 is 0 Å². The Balaban J connectivity index is 0.00000289. The summed E-state index contributed by atoms with van der Waals surface area (Å²) in [7, 11) is 0. The zero-order valence-electron chi connectivity index (χ0n) is 18.2. The van der Waals surface area contributed by atoms with Gasteiger partial charge in [-0.15, -0.1) is 12.4 Å². The molecule has 1 N–H and O–H groups in total. The molecular weight excluding hydrogens is 428 g/mol. The molecule has 2 aliphatic heterocycles. The van der Waals surface area contributed by atoms with Gasteiger partial charge in [0.1, 0.15) is 5.76 Å². The maximum atomic E-state index is 13.0. The number of morpholine rings is 1. The first kappa shape index (κ1) is 24.0. The largest absolute Gasteiger partial charge is 0.507 e. The number of aliphatic hydroxyl groups excluding tert-OH is 1. The van der Waals surface area contributed by atoms with E-state index in [0.29, 0.717) is 12.1 Å². The van der Waals surface area contributed by atoms with Crippen LogP contribution in [0, 0.1) is 6.92 Å². The fraction of sp³-hybridized carbons (Fsp3) is 0.360. The van der Waals surface area contributed by atoms with E-state index in [-0.39, 0.29) is 23.7 Å². The number of nitrogens with zero attached hydrogens (tertiary/aromatic N) is 2. The molecule has 7 heteroatoms. The van der Waals surface area contributed by atoms with Crippen LogP contribution in [0.1, 0.15) is 29.2 Å². The molecule has 4 rings (SSSR count). The lowest BCUT2D eigenvalue weighted by atomic mass is 9.94. The van der Waals surface area contributed by atoms with E-state index >= 15 is 0 Å². The zero-order valence-corrected chi connectivity index (χ0v) is 19.0. The summed E-state index contributed by atoms with van der Waals surface area (Å²) < 4.78 is 5.39. The fourth-order valence-electron chi connectivity index (χ4n) is 4.25. The normalized spacial score (nSPS) is 20.9. The van der Waals surface area contributed by atoms with Crippen molar-refractivity contribution in [2.24, 2.45) is 0 Å². The number of halogens is 1. The molecule has 2 aliphatic rings. The molecule has 32 heavy (non-hydrogen) atoms. The van der Waals surface area contributed by atoms with E-state index in [0.717, 1.165) is 50.4 Å². The summed E-state index contributed by atoms with van der Waals surface area (Å²) in [6.45, 7) is 6.50. The Bertz CT molecular complexity index is 969. The molecular formula is C25H29ClN2O4. The van der Waals surface area contributed by atoms with Crippen LogP contribution in [-0.4, -0.2) is 66.0 Å². The summed E-state index contributed by atoms with van der Waals surface area (Å²) in [5.74, 6) is -1.30. The number of aliphatic hydroxyl groups is 1. The maximum Gasteiger partial charge on any atom is 0.295 e. The van der Waals surface area contributed by atoms with E-state index in [1.54, 1.807) is 29.2 Å². The standard InChI is InChI=1S/C25H28N2O4.ClH/c1-18-8-10-19(11-9-18)22-21(23(28)20-6-3-2-4-7-20)24(29)25(30)27(22)13-5-12-26-14-16-31-17-15-26;/h2-4,6-11,22,28H,5,12-17H2,1H3;1H. The van der Waals surface area contributed by atoms with Crippen molar-refractivity contribution in [3.05, 3.63) is 76.9 Å². The van der Waals surface area contributed by atoms with E-state index < -0.39 is 17.7 Å². The van der Waals surface area contributed by atoms with Gasteiger partial charge in [0.2, 0.25) is 0 Å². The van der Waals surface area contributed by atoms with Crippen LogP contribution in [0.2, 0.25) is 0 Å². The highest BCUT2D eigenvalue weighted by atomic mass is 35.5. The number of rotatable bonds is 6. The number of carbonyl (C=O) groups excluding carboxylic acids is 2. The van der Waals surface area contributed by atoms with E-state index in [2.05, 4.69) is 4.90 Å². The quantitative estimate of drug-likeness (QED) is 0.409. The van der Waals surface area contributed by atoms with Gasteiger partial charge >= 0.3 is 0 Å². The lowest BCUT2D eigenvalue weighted by Crippen LogP contribution is -2.38. The highest BCUT2D eigenvalue weighted by molar-refractivity contribution is 6.46. The Labute approximate surface area is 194 Å². The van der Waals surface area contributed by atoms with Gasteiger partial charge in [-0.05, 0) is 18.9 Å². The second-order valence-corrected chi connectivity index (χ2v) is 8.08. The molecule has 170 valence electrons. The van der Waals surface area contributed by atoms with Crippen LogP contribution >= 0.6 is 12.4 Å². The number of likely N-dealkylation sites (tertiary alicyclic amines) is 1. The Morgan fingerprint density at radius 1 is 1.00 bits per heavy atom. The summed E-state index contributed by atoms with van der Waals surface area (Å²) in [6, 6.07) is 16.1. The highest BCUT2D eigenvalue weighted by Gasteiger charge is 2.45. The van der Waals surface area contributed by atoms with Crippen molar-refractivity contribution in [2.45, 2.75) is 19.4 Å². The van der Waals surface area contributed by atoms with Crippen molar-refractivity contribution in [2.75, 3.05) is 39.4 Å². The third-order valence-electron chi connectivity index (χ3n) is 5.96. The molecule has 1 amide bonds. The third kappa shape index (κ3) is 5.04. The Morgan fingerprint density at radius 2 is 1.66 bits per heavy atom. The van der Waals surface area contributed by atoms with Gasteiger partial charge in [-0.25, -0.2) is 0 Å². The number of ketones is 1. The number of benzene rings is 2. The first-order chi connectivity index (χ1) is 15.1. The molecule has 0 radical (unpaired) electrons. The molecule has 1 unspecified atom stereocenters. The van der Waals surface area contributed by atoms with E-state index in [1.807, 2.05) is 37.3 Å². The Morgan fingerprint density at radius 3 is 2.31 bits per heavy atom. The van der Waals surface area contributed by atoms with Gasteiger partial charge in [-0.1, -0.05) is 60.2 Å². The minimum absolute atomic E-state index is 0. The lowest BCUT2D eigenvalue weighted by molar-refractivity contribution is -0.140. The van der Waals surface area contributed by atoms with E-state index in [1.165, 1.54) is 0 Å². The lowest BCUT2D eigenvalue weighted by Gasteiger charge is -2.29. The third-order valence-corrected chi connectivity index (χ3v) is 5.96. The SMILES string of the molecule is Cc1ccc(C2C(=C(O)c3ccccc3)C(=O)C(=O)N2CCCN2CCOCC2)cc1.Cl. The van der Waals surface area contributed by atoms with Crippen molar-refractivity contribution in [1.82, 2.24) is 9.80 Å². The van der Waals surface area contributed by atoms with Crippen LogP contribution in [0.15, 0.2) is 60.2 Å². The van der Waals surface area contributed by atoms with Crippen LogP contribution in [0.5, 0.6) is 0 Å². The first-order valence-electron chi connectivity index (χ1n) is 10.8. The predicted octanol–water partition coefficient (Wildman–Crippen LogP) is 3.56. The monoisotopic (exact) mass is 456 g/mol. The van der Waals surface area contributed by atoms with Crippen molar-refractivity contribution >= 4 is 29.9 Å². The Hall–Kier alpha value is -2.67. The number of Topliss-reactive ketones (excluding diaryl/α,β-unsaturated/α-hetero) is 1. The van der Waals surface area contributed by atoms with Crippen molar-refractivity contribution < 1.29 is 19.4 Å². The summed E-state index contributed by atoms with van der Waals surface area (Å²) in [5, 5.41) is 11.0. The van der Waals surface area contributed by atoms with Gasteiger partial charge in [0, 0.05) is 31.7 Å². The molecule has 0 bridgehead atoms. The van der Waals surface area contributed by atoms with Gasteiger partial charge in [0.15, 0.2) is 0 Å². The van der Waals surface area contributed by atoms with E-state index in [4.69, 9.17) is 4.74 Å². The number of ether oxygens (including phenoxy) is 1. The molecule has 1 atom stereocenters. The smallest absolute Gasteiger partial charge is 0.295 e. The second kappa shape index (κ2) is 10.8. The van der Waals surface area contributed by atoms with Crippen molar-refractivity contribution in [3.63, 3.8) is 0 Å². The zero-order chi connectivity index (χ0) is 21.8. The predicted molar refractivity (Wildman–Crippen MR) is 126 cm³/mol. The Kier molecular flexibility index (Phi) is 8.07. The summed E-state index contributed by atoms with van der Waals surface area (Å²) in [5.41, 5.74) is 2.61. The van der Waals surface area contributed by atoms with Crippen molar-refractivity contribution in [1.29, 1.82) is 0 Å². The molecule has 0 spiro atoms. The highest BCUT2D eigenvalue weighted by Crippen LogP contribution is 2.39. The number of hydrogen-bond donors (Lipinski definition) is 1. The van der Waals surface area contributed by atoms with Gasteiger partial charge in [-0.2, -0.15) is 0 Å². The number of hydrogen-bond acceptors (Lipinski definition) is 5. The summed E-state index contributed by atoms with van der Waals surface area (Å²) in [4.78, 5) is 29.9. The number of amides is 1. The minimum Gasteiger partial charge on any atom is -0.507 e. The summed E-state index contributed by atoms with van der Waals surface area (Å²) >= 11 is 0. The molecule has 0 aromatic heterocycles. The molecule has 0 saturated carbocycles. The van der Waals surface area contributed by atoms with Crippen LogP contribution in [0.3, 0.4) is 0 Å². The molecule has 2 saturated heterocycles. The topological polar surface area (TPSA) is 70.1 Å². The number of carbonyl (C=O) groups is 2. The molecule has 2 aromatic rings. The minimum atomic E-state index is -0.627. The molecule has 2 fully saturated rings. The number of aryl methyl sites for hydroxylation is 1. The molecule has 2 aromatic carbocycles. The molecule has 6 nitrogen and oxygen atoms in total. The van der Waals surface area contributed by atoms with E-state index in [9.17, 15) is 14.7 Å². The average molecular weight is 457 g/mol. The summed E-state index contributed by atoms with van der Waals surface area (Å²) in [6.07, 6.45) is 0.751. The van der Waals surface area contributed by atoms with Crippen LogP contribution in [0.25, 0.3) is 5.76 Å². The van der Waals surface area contributed by atoms with Crippen LogP contribution in [0.4, 0.5) is 0 Å². The molecule has 2 heterocycles. The average Bonchev–Trinajstić information content (AvgIpc) is 3.05. The van der Waals surface area contributed by atoms with Gasteiger partial charge < -0.3 is 14.7 Å². The fourth-order valence-corrected chi connectivity index (χ4v) is 4.25.